The molecule has 20 heavy (non-hydrogen) atoms. The molecule has 1 heterocycles. The van der Waals surface area contributed by atoms with Gasteiger partial charge in [0.25, 0.3) is 0 Å². The summed E-state index contributed by atoms with van der Waals surface area (Å²) in [5, 5.41) is 2.57. The van der Waals surface area contributed by atoms with E-state index in [2.05, 4.69) is 24.1 Å². The molecule has 3 N–H and O–H groups in total. The zero-order valence-electron chi connectivity index (χ0n) is 11.4. The van der Waals surface area contributed by atoms with Gasteiger partial charge < -0.3 is 0 Å². The van der Waals surface area contributed by atoms with Gasteiger partial charge in [-0.2, -0.15) is 23.5 Å². The van der Waals surface area contributed by atoms with Gasteiger partial charge in [-0.05, 0) is 30.5 Å². The van der Waals surface area contributed by atoms with Gasteiger partial charge in [-0.15, -0.1) is 0 Å². The summed E-state index contributed by atoms with van der Waals surface area (Å²) in [6.07, 6.45) is 2.01. The first-order valence-corrected chi connectivity index (χ1v) is 9.64. The van der Waals surface area contributed by atoms with Gasteiger partial charge in [-0.1, -0.05) is 36.2 Å². The minimum Gasteiger partial charge on any atom is -0.271 e. The Bertz CT molecular complexity index is 445. The normalized spacial score (nSPS) is 24.6. The van der Waals surface area contributed by atoms with Crippen molar-refractivity contribution in [2.75, 3.05) is 11.5 Å². The number of rotatable bonds is 5. The minimum atomic E-state index is 0.233. The molecular weight excluding hydrogens is 331 g/mol. The molecule has 0 aromatic heterocycles. The van der Waals surface area contributed by atoms with Gasteiger partial charge in [0, 0.05) is 38.1 Å². The van der Waals surface area contributed by atoms with Crippen LogP contribution in [0.3, 0.4) is 0 Å². The van der Waals surface area contributed by atoms with Crippen molar-refractivity contribution in [1.82, 2.24) is 5.43 Å². The van der Waals surface area contributed by atoms with E-state index in [1.54, 1.807) is 6.07 Å². The molecule has 1 aromatic rings. The van der Waals surface area contributed by atoms with Crippen LogP contribution in [0.4, 0.5) is 0 Å². The molecule has 0 spiro atoms. The number of nitrogens with one attached hydrogen (secondary N) is 1. The van der Waals surface area contributed by atoms with Crippen LogP contribution in [0, 0.1) is 0 Å². The summed E-state index contributed by atoms with van der Waals surface area (Å²) in [5.41, 5.74) is 4.10. The fourth-order valence-electron chi connectivity index (χ4n) is 2.51. The first-order valence-electron chi connectivity index (χ1n) is 6.79. The summed E-state index contributed by atoms with van der Waals surface area (Å²) >= 11 is 16.3. The van der Waals surface area contributed by atoms with Crippen LogP contribution in [0.2, 0.25) is 10.0 Å². The molecule has 1 aromatic carbocycles. The molecule has 3 atom stereocenters. The second kappa shape index (κ2) is 8.16. The number of hydrogen-bond donors (Lipinski definition) is 2. The Balaban J connectivity index is 2.11. The maximum absolute atomic E-state index is 6.27. The molecule has 3 unspecified atom stereocenters. The molecule has 0 amide bonds. The van der Waals surface area contributed by atoms with E-state index >= 15 is 0 Å². The highest BCUT2D eigenvalue weighted by Gasteiger charge is 2.31. The van der Waals surface area contributed by atoms with Crippen LogP contribution in [0.15, 0.2) is 18.2 Å². The highest BCUT2D eigenvalue weighted by Crippen LogP contribution is 2.36. The molecular formula is C14H20Cl2N2S2. The number of nitrogens with two attached hydrogens (primary N) is 1. The van der Waals surface area contributed by atoms with E-state index in [0.29, 0.717) is 15.5 Å². The first kappa shape index (κ1) is 16.8. The summed E-state index contributed by atoms with van der Waals surface area (Å²) in [5.74, 6) is 8.23. The summed E-state index contributed by atoms with van der Waals surface area (Å²) in [4.78, 5) is 0. The zero-order valence-corrected chi connectivity index (χ0v) is 14.6. The summed E-state index contributed by atoms with van der Waals surface area (Å²) in [6.45, 7) is 2.25. The second-order valence-corrected chi connectivity index (χ2v) is 8.34. The lowest BCUT2D eigenvalue weighted by atomic mass is 10.0. The lowest BCUT2D eigenvalue weighted by Crippen LogP contribution is -2.49. The Morgan fingerprint density at radius 1 is 1.35 bits per heavy atom. The average molecular weight is 351 g/mol. The van der Waals surface area contributed by atoms with E-state index in [-0.39, 0.29) is 6.04 Å². The Hall–Kier alpha value is 0.420. The van der Waals surface area contributed by atoms with Crippen molar-refractivity contribution in [2.24, 2.45) is 5.84 Å². The predicted octanol–water partition coefficient (Wildman–Crippen LogP) is 4.00. The van der Waals surface area contributed by atoms with Crippen molar-refractivity contribution in [3.63, 3.8) is 0 Å². The van der Waals surface area contributed by atoms with Crippen LogP contribution < -0.4 is 11.3 Å². The molecule has 0 radical (unpaired) electrons. The van der Waals surface area contributed by atoms with Gasteiger partial charge in [0.05, 0.1) is 0 Å². The van der Waals surface area contributed by atoms with Crippen LogP contribution in [0.5, 0.6) is 0 Å². The molecule has 1 saturated heterocycles. The third-order valence-electron chi connectivity index (χ3n) is 3.56. The molecule has 1 fully saturated rings. The number of hydrogen-bond acceptors (Lipinski definition) is 4. The fourth-order valence-corrected chi connectivity index (χ4v) is 6.24. The van der Waals surface area contributed by atoms with Crippen molar-refractivity contribution in [3.05, 3.63) is 33.8 Å². The third kappa shape index (κ3) is 4.21. The van der Waals surface area contributed by atoms with Gasteiger partial charge in [0.1, 0.15) is 0 Å². The van der Waals surface area contributed by atoms with Crippen LogP contribution in [-0.2, 0) is 6.42 Å². The highest BCUT2D eigenvalue weighted by atomic mass is 35.5. The van der Waals surface area contributed by atoms with E-state index in [4.69, 9.17) is 29.0 Å². The number of hydrazine groups is 1. The van der Waals surface area contributed by atoms with E-state index in [1.165, 1.54) is 17.9 Å². The molecule has 0 aliphatic carbocycles. The predicted molar refractivity (Wildman–Crippen MR) is 94.1 cm³/mol. The van der Waals surface area contributed by atoms with E-state index in [9.17, 15) is 0 Å². The Labute approximate surface area is 139 Å². The lowest BCUT2D eigenvalue weighted by Gasteiger charge is -2.35. The number of halogens is 2. The smallest absolute Gasteiger partial charge is 0.0453 e. The molecule has 112 valence electrons. The van der Waals surface area contributed by atoms with Gasteiger partial charge >= 0.3 is 0 Å². The van der Waals surface area contributed by atoms with Crippen molar-refractivity contribution in [1.29, 1.82) is 0 Å². The lowest BCUT2D eigenvalue weighted by molar-refractivity contribution is 0.490. The zero-order chi connectivity index (χ0) is 14.5. The van der Waals surface area contributed by atoms with Crippen molar-refractivity contribution in [3.8, 4) is 0 Å². The van der Waals surface area contributed by atoms with Crippen LogP contribution in [0.1, 0.15) is 18.9 Å². The largest absolute Gasteiger partial charge is 0.271 e. The van der Waals surface area contributed by atoms with Gasteiger partial charge in [-0.25, -0.2) is 0 Å². The SMILES string of the molecule is CCC1SCCSC1C(Cc1ccc(Cl)cc1Cl)NN. The van der Waals surface area contributed by atoms with Gasteiger partial charge in [0.2, 0.25) is 0 Å². The molecule has 2 rings (SSSR count). The van der Waals surface area contributed by atoms with E-state index in [1.807, 2.05) is 23.9 Å². The summed E-state index contributed by atoms with van der Waals surface area (Å²) < 4.78 is 0. The first-order chi connectivity index (χ1) is 9.65. The Kier molecular flexibility index (Phi) is 6.85. The third-order valence-corrected chi connectivity index (χ3v) is 7.55. The number of thioether (sulfide) groups is 2. The molecule has 1 aliphatic heterocycles. The van der Waals surface area contributed by atoms with Crippen molar-refractivity contribution < 1.29 is 0 Å². The van der Waals surface area contributed by atoms with E-state index in [0.717, 1.165) is 17.0 Å². The van der Waals surface area contributed by atoms with Crippen molar-refractivity contribution >= 4 is 46.7 Å². The fraction of sp³-hybridized carbons (Fsp3) is 0.571. The topological polar surface area (TPSA) is 38.0 Å². The minimum absolute atomic E-state index is 0.233. The van der Waals surface area contributed by atoms with E-state index < -0.39 is 0 Å². The summed E-state index contributed by atoms with van der Waals surface area (Å²) in [6, 6.07) is 5.91. The summed E-state index contributed by atoms with van der Waals surface area (Å²) in [7, 11) is 0. The second-order valence-electron chi connectivity index (χ2n) is 4.87. The standard InChI is InChI=1S/C14H20Cl2N2S2/c1-2-13-14(20-6-5-19-13)12(18-17)7-9-3-4-10(15)8-11(9)16/h3-4,8,12-14,18H,2,5-7,17H2,1H3. The molecule has 2 nitrogen and oxygen atoms in total. The van der Waals surface area contributed by atoms with Crippen LogP contribution in [-0.4, -0.2) is 28.0 Å². The van der Waals surface area contributed by atoms with Gasteiger partial charge in [0.15, 0.2) is 0 Å². The van der Waals surface area contributed by atoms with Crippen molar-refractivity contribution in [2.45, 2.75) is 36.3 Å². The average Bonchev–Trinajstić information content (AvgIpc) is 2.46. The maximum atomic E-state index is 6.27. The van der Waals surface area contributed by atoms with Crippen LogP contribution in [0.25, 0.3) is 0 Å². The molecule has 1 aliphatic rings. The van der Waals surface area contributed by atoms with Gasteiger partial charge in [-0.3, -0.25) is 11.3 Å². The highest BCUT2D eigenvalue weighted by molar-refractivity contribution is 8.07. The quantitative estimate of drug-likeness (QED) is 0.621. The Morgan fingerprint density at radius 3 is 2.75 bits per heavy atom. The molecule has 6 heteroatoms. The van der Waals surface area contributed by atoms with Crippen LogP contribution >= 0.6 is 46.7 Å². The Morgan fingerprint density at radius 2 is 2.10 bits per heavy atom. The monoisotopic (exact) mass is 350 g/mol. The number of benzene rings is 1. The molecule has 0 saturated carbocycles. The maximum Gasteiger partial charge on any atom is 0.0453 e. The molecule has 0 bridgehead atoms.